The number of Topliss-reactive ketones (excluding diaryl/α,β-unsaturated/α-hetero) is 1. The van der Waals surface area contributed by atoms with Crippen molar-refractivity contribution in [2.75, 3.05) is 5.75 Å². The Morgan fingerprint density at radius 1 is 1.32 bits per heavy atom. The molecule has 0 aliphatic rings. The first-order valence-electron chi connectivity index (χ1n) is 6.29. The number of rotatable bonds is 7. The first kappa shape index (κ1) is 16.3. The van der Waals surface area contributed by atoms with Gasteiger partial charge in [0.1, 0.15) is 5.03 Å². The van der Waals surface area contributed by atoms with Gasteiger partial charge in [-0.3, -0.25) is 14.9 Å². The summed E-state index contributed by atoms with van der Waals surface area (Å²) in [5, 5.41) is 21.0. The van der Waals surface area contributed by atoms with E-state index in [2.05, 4.69) is 4.98 Å². The number of pyridine rings is 1. The summed E-state index contributed by atoms with van der Waals surface area (Å²) in [6.45, 7) is 0. The van der Waals surface area contributed by atoms with E-state index in [0.717, 1.165) is 11.1 Å². The number of nitro groups is 1. The molecule has 6 nitrogen and oxygen atoms in total. The molecule has 0 aliphatic heterocycles. The molecule has 0 atom stereocenters. The molecule has 1 aromatic heterocycles. The molecule has 0 saturated carbocycles. The van der Waals surface area contributed by atoms with Crippen LogP contribution >= 0.6 is 21.6 Å². The Labute approximate surface area is 134 Å². The quantitative estimate of drug-likeness (QED) is 0.271. The maximum absolute atomic E-state index is 12.0. The molecular formula is C14H12N2O4S2. The maximum Gasteiger partial charge on any atom is 0.311 e. The van der Waals surface area contributed by atoms with E-state index in [1.165, 1.54) is 33.7 Å². The molecule has 0 fully saturated rings. The molecule has 8 heteroatoms. The molecule has 0 aliphatic carbocycles. The average Bonchev–Trinajstić information content (AvgIpc) is 2.52. The summed E-state index contributed by atoms with van der Waals surface area (Å²) >= 11 is 0. The molecular weight excluding hydrogens is 324 g/mol. The highest BCUT2D eigenvalue weighted by molar-refractivity contribution is 8.76. The lowest BCUT2D eigenvalue weighted by Gasteiger charge is -2.02. The largest absolute Gasteiger partial charge is 0.502 e. The van der Waals surface area contributed by atoms with Gasteiger partial charge in [0.2, 0.25) is 0 Å². The van der Waals surface area contributed by atoms with Crippen LogP contribution in [-0.2, 0) is 0 Å². The number of phenols is 1. The number of ketones is 1. The van der Waals surface area contributed by atoms with E-state index < -0.39 is 16.4 Å². The van der Waals surface area contributed by atoms with Crippen molar-refractivity contribution in [3.05, 3.63) is 58.3 Å². The summed E-state index contributed by atoms with van der Waals surface area (Å²) in [5.74, 6) is -0.0757. The van der Waals surface area contributed by atoms with Crippen LogP contribution in [0.3, 0.4) is 0 Å². The predicted octanol–water partition coefficient (Wildman–Crippen LogP) is 3.71. The number of carbonyl (C=O) groups is 1. The van der Waals surface area contributed by atoms with Crippen molar-refractivity contribution >= 4 is 33.1 Å². The van der Waals surface area contributed by atoms with Gasteiger partial charge in [-0.2, -0.15) is 0 Å². The van der Waals surface area contributed by atoms with E-state index in [4.69, 9.17) is 0 Å². The van der Waals surface area contributed by atoms with Gasteiger partial charge < -0.3 is 5.11 Å². The normalized spacial score (nSPS) is 10.4. The SMILES string of the molecule is O=C(CCSSc1ccccn1)c1ccc(O)c([N+](=O)[O-])c1. The highest BCUT2D eigenvalue weighted by Crippen LogP contribution is 2.30. The van der Waals surface area contributed by atoms with Crippen molar-refractivity contribution < 1.29 is 14.8 Å². The summed E-state index contributed by atoms with van der Waals surface area (Å²) in [6.07, 6.45) is 1.95. The van der Waals surface area contributed by atoms with Crippen molar-refractivity contribution in [3.8, 4) is 5.75 Å². The van der Waals surface area contributed by atoms with Crippen LogP contribution in [-0.4, -0.2) is 26.5 Å². The molecule has 0 amide bonds. The van der Waals surface area contributed by atoms with E-state index in [1.807, 2.05) is 18.2 Å². The average molecular weight is 336 g/mol. The summed E-state index contributed by atoms with van der Waals surface area (Å²) in [5.41, 5.74) is -0.228. The van der Waals surface area contributed by atoms with Crippen LogP contribution in [0.15, 0.2) is 47.6 Å². The zero-order chi connectivity index (χ0) is 15.9. The third kappa shape index (κ3) is 4.47. The highest BCUT2D eigenvalue weighted by Gasteiger charge is 2.16. The number of carbonyl (C=O) groups excluding carboxylic acids is 1. The number of benzene rings is 1. The fourth-order valence-electron chi connectivity index (χ4n) is 1.62. The lowest BCUT2D eigenvalue weighted by molar-refractivity contribution is -0.385. The number of aromatic nitrogens is 1. The highest BCUT2D eigenvalue weighted by atomic mass is 33.1. The molecule has 0 unspecified atom stereocenters. The minimum absolute atomic E-state index is 0.197. The van der Waals surface area contributed by atoms with E-state index in [9.17, 15) is 20.0 Å². The van der Waals surface area contributed by atoms with E-state index >= 15 is 0 Å². The number of nitro benzene ring substituents is 1. The van der Waals surface area contributed by atoms with Crippen molar-refractivity contribution in [1.29, 1.82) is 0 Å². The fraction of sp³-hybridized carbons (Fsp3) is 0.143. The topological polar surface area (TPSA) is 93.3 Å². The molecule has 0 saturated heterocycles. The number of hydrogen-bond donors (Lipinski definition) is 1. The van der Waals surface area contributed by atoms with E-state index in [-0.39, 0.29) is 17.8 Å². The van der Waals surface area contributed by atoms with Crippen LogP contribution < -0.4 is 0 Å². The van der Waals surface area contributed by atoms with E-state index in [1.54, 1.807) is 6.20 Å². The van der Waals surface area contributed by atoms with Crippen LogP contribution in [0.4, 0.5) is 5.69 Å². The summed E-state index contributed by atoms with van der Waals surface area (Å²) in [6, 6.07) is 9.26. The Morgan fingerprint density at radius 2 is 2.14 bits per heavy atom. The van der Waals surface area contributed by atoms with Crippen LogP contribution in [0.25, 0.3) is 0 Å². The van der Waals surface area contributed by atoms with Gasteiger partial charge in [0.05, 0.1) is 4.92 Å². The summed E-state index contributed by atoms with van der Waals surface area (Å²) in [4.78, 5) is 26.2. The third-order valence-corrected chi connectivity index (χ3v) is 4.96. The van der Waals surface area contributed by atoms with Crippen LogP contribution in [0.5, 0.6) is 5.75 Å². The maximum atomic E-state index is 12.0. The van der Waals surface area contributed by atoms with Gasteiger partial charge >= 0.3 is 5.69 Å². The summed E-state index contributed by atoms with van der Waals surface area (Å²) in [7, 11) is 2.97. The Hall–Kier alpha value is -2.06. The number of hydrogen-bond acceptors (Lipinski definition) is 7. The van der Waals surface area contributed by atoms with Gasteiger partial charge in [-0.15, -0.1) is 0 Å². The van der Waals surface area contributed by atoms with Crippen LogP contribution in [0.1, 0.15) is 16.8 Å². The van der Waals surface area contributed by atoms with Gasteiger partial charge in [-0.25, -0.2) is 4.98 Å². The minimum Gasteiger partial charge on any atom is -0.502 e. The molecule has 0 spiro atoms. The Kier molecular flexibility index (Phi) is 5.79. The van der Waals surface area contributed by atoms with Gasteiger partial charge in [0, 0.05) is 30.0 Å². The first-order chi connectivity index (χ1) is 10.6. The predicted molar refractivity (Wildman–Crippen MR) is 86.3 cm³/mol. The lowest BCUT2D eigenvalue weighted by atomic mass is 10.1. The van der Waals surface area contributed by atoms with E-state index in [0.29, 0.717) is 5.75 Å². The van der Waals surface area contributed by atoms with Gasteiger partial charge in [-0.1, -0.05) is 16.9 Å². The molecule has 1 N–H and O–H groups in total. The number of phenolic OH excluding ortho intramolecular Hbond substituents is 1. The second-order valence-electron chi connectivity index (χ2n) is 4.21. The Balaban J connectivity index is 1.87. The molecule has 2 rings (SSSR count). The second-order valence-corrected chi connectivity index (χ2v) is 6.64. The fourth-order valence-corrected chi connectivity index (χ4v) is 3.49. The second kappa shape index (κ2) is 7.81. The number of nitrogens with zero attached hydrogens (tertiary/aromatic N) is 2. The number of aromatic hydroxyl groups is 1. The van der Waals surface area contributed by atoms with Gasteiger partial charge in [0.25, 0.3) is 0 Å². The molecule has 1 heterocycles. The minimum atomic E-state index is -0.711. The van der Waals surface area contributed by atoms with Crippen molar-refractivity contribution in [2.45, 2.75) is 11.4 Å². The molecule has 1 aromatic carbocycles. The lowest BCUT2D eigenvalue weighted by Crippen LogP contribution is -2.01. The van der Waals surface area contributed by atoms with Crippen LogP contribution in [0.2, 0.25) is 0 Å². The molecule has 0 radical (unpaired) electrons. The first-order valence-corrected chi connectivity index (χ1v) is 8.61. The summed E-state index contributed by atoms with van der Waals surface area (Å²) < 4.78 is 0. The van der Waals surface area contributed by atoms with Gasteiger partial charge in [0.15, 0.2) is 11.5 Å². The molecule has 2 aromatic rings. The molecule has 22 heavy (non-hydrogen) atoms. The van der Waals surface area contributed by atoms with Crippen molar-refractivity contribution in [3.63, 3.8) is 0 Å². The zero-order valence-electron chi connectivity index (χ0n) is 11.3. The van der Waals surface area contributed by atoms with Crippen LogP contribution in [0, 0.1) is 10.1 Å². The Bertz CT molecular complexity index is 680. The standard InChI is InChI=1S/C14H12N2O4S2/c17-12(6-8-21-22-14-3-1-2-7-15-14)10-4-5-13(18)11(9-10)16(19)20/h1-5,7,9,18H,6,8H2. The molecule has 114 valence electrons. The third-order valence-electron chi connectivity index (χ3n) is 2.69. The Morgan fingerprint density at radius 3 is 2.82 bits per heavy atom. The smallest absolute Gasteiger partial charge is 0.311 e. The zero-order valence-corrected chi connectivity index (χ0v) is 13.0. The van der Waals surface area contributed by atoms with Gasteiger partial charge in [-0.05, 0) is 35.1 Å². The van der Waals surface area contributed by atoms with Crippen molar-refractivity contribution in [1.82, 2.24) is 4.98 Å². The van der Waals surface area contributed by atoms with Crippen molar-refractivity contribution in [2.24, 2.45) is 0 Å². The monoisotopic (exact) mass is 336 g/mol. The molecule has 0 bridgehead atoms.